The molecule has 134 valence electrons. The number of hydrogen-bond donors (Lipinski definition) is 2. The van der Waals surface area contributed by atoms with Gasteiger partial charge in [0.2, 0.25) is 0 Å². The molecule has 1 fully saturated rings. The van der Waals surface area contributed by atoms with Crippen LogP contribution >= 0.6 is 0 Å². The highest BCUT2D eigenvalue weighted by Gasteiger charge is 2.28. The van der Waals surface area contributed by atoms with Gasteiger partial charge in [-0.05, 0) is 25.3 Å². The van der Waals surface area contributed by atoms with Gasteiger partial charge in [0.25, 0.3) is 5.91 Å². The Bertz CT molecular complexity index is 775. The minimum atomic E-state index is -0.0645. The smallest absolute Gasteiger partial charge is 0.274 e. The molecule has 0 unspecified atom stereocenters. The molecule has 4 heterocycles. The van der Waals surface area contributed by atoms with Crippen LogP contribution in [0.25, 0.3) is 0 Å². The first kappa shape index (κ1) is 16.3. The van der Waals surface area contributed by atoms with Crippen LogP contribution in [0.1, 0.15) is 51.9 Å². The highest BCUT2D eigenvalue weighted by Crippen LogP contribution is 2.27. The second-order valence-corrected chi connectivity index (χ2v) is 6.73. The number of H-pyrrole nitrogens is 1. The fourth-order valence-corrected chi connectivity index (χ4v) is 3.78. The summed E-state index contributed by atoms with van der Waals surface area (Å²) in [5.41, 5.74) is 4.26. The lowest BCUT2D eigenvalue weighted by atomic mass is 9.96. The summed E-state index contributed by atoms with van der Waals surface area (Å²) in [6, 6.07) is 1.89. The summed E-state index contributed by atoms with van der Waals surface area (Å²) < 4.78 is 7.15. The van der Waals surface area contributed by atoms with E-state index in [1.165, 1.54) is 0 Å². The van der Waals surface area contributed by atoms with Gasteiger partial charge < -0.3 is 14.7 Å². The van der Waals surface area contributed by atoms with Crippen molar-refractivity contribution in [1.29, 1.82) is 0 Å². The molecule has 4 rings (SSSR count). The van der Waals surface area contributed by atoms with Crippen molar-refractivity contribution >= 4 is 5.91 Å². The molecular weight excluding hydrogens is 322 g/mol. The lowest BCUT2D eigenvalue weighted by Crippen LogP contribution is -2.36. The van der Waals surface area contributed by atoms with E-state index in [0.29, 0.717) is 36.8 Å². The van der Waals surface area contributed by atoms with Crippen LogP contribution in [0.4, 0.5) is 0 Å². The number of hydrogen-bond acceptors (Lipinski definition) is 5. The first-order valence-electron chi connectivity index (χ1n) is 8.74. The molecule has 0 aromatic carbocycles. The summed E-state index contributed by atoms with van der Waals surface area (Å²) in [7, 11) is 1.85. The number of aliphatic hydroxyl groups is 1. The second kappa shape index (κ2) is 6.61. The Kier molecular flexibility index (Phi) is 4.30. The SMILES string of the molecule is Cn1nc(CO)c2c1CN(C(=O)c1cc(C3CCOCC3)[nH]n1)CC2. The van der Waals surface area contributed by atoms with E-state index in [9.17, 15) is 9.90 Å². The van der Waals surface area contributed by atoms with Gasteiger partial charge in [-0.2, -0.15) is 10.2 Å². The molecule has 2 aromatic rings. The molecule has 1 saturated heterocycles. The van der Waals surface area contributed by atoms with E-state index < -0.39 is 0 Å². The van der Waals surface area contributed by atoms with Crippen molar-refractivity contribution in [3.63, 3.8) is 0 Å². The number of aromatic amines is 1. The summed E-state index contributed by atoms with van der Waals surface area (Å²) in [5, 5.41) is 21.0. The molecule has 2 aliphatic heterocycles. The molecule has 0 atom stereocenters. The molecule has 0 saturated carbocycles. The zero-order valence-electron chi connectivity index (χ0n) is 14.4. The van der Waals surface area contributed by atoms with E-state index in [1.54, 1.807) is 9.58 Å². The zero-order chi connectivity index (χ0) is 17.4. The number of nitrogens with zero attached hydrogens (tertiary/aromatic N) is 4. The Labute approximate surface area is 145 Å². The minimum Gasteiger partial charge on any atom is -0.390 e. The number of ether oxygens (including phenoxy) is 1. The fraction of sp³-hybridized carbons (Fsp3) is 0.588. The van der Waals surface area contributed by atoms with Crippen molar-refractivity contribution in [3.05, 3.63) is 34.4 Å². The summed E-state index contributed by atoms with van der Waals surface area (Å²) >= 11 is 0. The molecule has 2 aromatic heterocycles. The predicted octanol–water partition coefficient (Wildman–Crippen LogP) is 0.728. The number of aliphatic hydroxyl groups excluding tert-OH is 1. The Hall–Kier alpha value is -2.19. The van der Waals surface area contributed by atoms with Crippen molar-refractivity contribution in [2.24, 2.45) is 7.05 Å². The average Bonchev–Trinajstić information content (AvgIpc) is 3.27. The van der Waals surface area contributed by atoms with Gasteiger partial charge in [-0.1, -0.05) is 0 Å². The number of rotatable bonds is 3. The lowest BCUT2D eigenvalue weighted by molar-refractivity contribution is 0.0724. The Balaban J connectivity index is 1.50. The van der Waals surface area contributed by atoms with Crippen LogP contribution in [0.5, 0.6) is 0 Å². The van der Waals surface area contributed by atoms with Gasteiger partial charge in [-0.25, -0.2) is 0 Å². The monoisotopic (exact) mass is 345 g/mol. The first-order chi connectivity index (χ1) is 12.2. The minimum absolute atomic E-state index is 0.0630. The number of aromatic nitrogens is 4. The van der Waals surface area contributed by atoms with Crippen LogP contribution < -0.4 is 0 Å². The summed E-state index contributed by atoms with van der Waals surface area (Å²) in [6.07, 6.45) is 2.63. The molecule has 0 aliphatic carbocycles. The molecular formula is C17H23N5O3. The van der Waals surface area contributed by atoms with Gasteiger partial charge in [0.05, 0.1) is 24.5 Å². The molecule has 2 N–H and O–H groups in total. The first-order valence-corrected chi connectivity index (χ1v) is 8.74. The molecule has 0 bridgehead atoms. The number of amides is 1. The number of carbonyl (C=O) groups excluding carboxylic acids is 1. The van der Waals surface area contributed by atoms with Crippen LogP contribution in [0.3, 0.4) is 0 Å². The van der Waals surface area contributed by atoms with Gasteiger partial charge in [-0.3, -0.25) is 14.6 Å². The van der Waals surface area contributed by atoms with Gasteiger partial charge in [0, 0.05) is 44.0 Å². The van der Waals surface area contributed by atoms with E-state index in [4.69, 9.17) is 4.74 Å². The number of nitrogens with one attached hydrogen (secondary N) is 1. The maximum atomic E-state index is 12.8. The van der Waals surface area contributed by atoms with Crippen molar-refractivity contribution < 1.29 is 14.6 Å². The third-order valence-electron chi connectivity index (χ3n) is 5.25. The molecule has 2 aliphatic rings. The van der Waals surface area contributed by atoms with Crippen LogP contribution in [0.15, 0.2) is 6.07 Å². The third kappa shape index (κ3) is 2.96. The molecule has 0 spiro atoms. The third-order valence-corrected chi connectivity index (χ3v) is 5.25. The number of carbonyl (C=O) groups is 1. The van der Waals surface area contributed by atoms with Crippen LogP contribution in [-0.2, 0) is 31.4 Å². The van der Waals surface area contributed by atoms with Gasteiger partial charge in [0.1, 0.15) is 5.69 Å². The predicted molar refractivity (Wildman–Crippen MR) is 89.0 cm³/mol. The maximum absolute atomic E-state index is 12.8. The largest absolute Gasteiger partial charge is 0.390 e. The molecule has 8 heteroatoms. The van der Waals surface area contributed by atoms with E-state index in [0.717, 1.165) is 43.0 Å². The topological polar surface area (TPSA) is 96.3 Å². The Morgan fingerprint density at radius 3 is 3.00 bits per heavy atom. The maximum Gasteiger partial charge on any atom is 0.274 e. The van der Waals surface area contributed by atoms with Gasteiger partial charge in [-0.15, -0.1) is 0 Å². The quantitative estimate of drug-likeness (QED) is 0.855. The highest BCUT2D eigenvalue weighted by molar-refractivity contribution is 5.92. The molecule has 25 heavy (non-hydrogen) atoms. The Morgan fingerprint density at radius 1 is 1.44 bits per heavy atom. The second-order valence-electron chi connectivity index (χ2n) is 6.73. The highest BCUT2D eigenvalue weighted by atomic mass is 16.5. The fourth-order valence-electron chi connectivity index (χ4n) is 3.78. The van der Waals surface area contributed by atoms with Crippen LogP contribution in [0.2, 0.25) is 0 Å². The summed E-state index contributed by atoms with van der Waals surface area (Å²) in [4.78, 5) is 14.6. The molecule has 1 amide bonds. The van der Waals surface area contributed by atoms with Crippen molar-refractivity contribution in [1.82, 2.24) is 24.9 Å². The van der Waals surface area contributed by atoms with Crippen molar-refractivity contribution in [3.8, 4) is 0 Å². The lowest BCUT2D eigenvalue weighted by Gasteiger charge is -2.27. The zero-order valence-corrected chi connectivity index (χ0v) is 14.4. The number of aryl methyl sites for hydroxylation is 1. The van der Waals surface area contributed by atoms with E-state index in [2.05, 4.69) is 15.3 Å². The molecule has 8 nitrogen and oxygen atoms in total. The summed E-state index contributed by atoms with van der Waals surface area (Å²) in [5.74, 6) is 0.326. The number of fused-ring (bicyclic) bond motifs is 1. The average molecular weight is 345 g/mol. The standard InChI is InChI=1S/C17H23N5O3/c1-21-16-9-22(5-2-12(16)15(10-23)20-21)17(24)14-8-13(18-19-14)11-3-6-25-7-4-11/h8,11,23H,2-7,9-10H2,1H3,(H,18,19). The Morgan fingerprint density at radius 2 is 2.24 bits per heavy atom. The van der Waals surface area contributed by atoms with E-state index >= 15 is 0 Å². The summed E-state index contributed by atoms with van der Waals surface area (Å²) in [6.45, 7) is 2.57. The normalized spacial score (nSPS) is 18.4. The van der Waals surface area contributed by atoms with Crippen molar-refractivity contribution in [2.45, 2.75) is 38.3 Å². The van der Waals surface area contributed by atoms with Crippen LogP contribution in [0, 0.1) is 0 Å². The molecule has 0 radical (unpaired) electrons. The van der Waals surface area contributed by atoms with Gasteiger partial charge >= 0.3 is 0 Å². The van der Waals surface area contributed by atoms with Crippen molar-refractivity contribution in [2.75, 3.05) is 19.8 Å². The van der Waals surface area contributed by atoms with Crippen LogP contribution in [-0.4, -0.2) is 55.6 Å². The van der Waals surface area contributed by atoms with E-state index in [-0.39, 0.29) is 12.5 Å². The van der Waals surface area contributed by atoms with E-state index in [1.807, 2.05) is 13.1 Å². The van der Waals surface area contributed by atoms with Gasteiger partial charge in [0.15, 0.2) is 0 Å².